The van der Waals surface area contributed by atoms with Gasteiger partial charge in [-0.2, -0.15) is 0 Å². The fourth-order valence-corrected chi connectivity index (χ4v) is 6.72. The van der Waals surface area contributed by atoms with Crippen molar-refractivity contribution in [3.63, 3.8) is 0 Å². The minimum Gasteiger partial charge on any atom is -0.0984 e. The Morgan fingerprint density at radius 3 is 1.50 bits per heavy atom. The lowest BCUT2D eigenvalue weighted by Gasteiger charge is -2.20. The molecule has 0 heterocycles. The van der Waals surface area contributed by atoms with Crippen molar-refractivity contribution in [2.45, 2.75) is 0 Å². The molecule has 0 aromatic heterocycles. The Labute approximate surface area is 233 Å². The van der Waals surface area contributed by atoms with Crippen LogP contribution < -0.4 is 0 Å². The molecule has 0 amide bonds. The van der Waals surface area contributed by atoms with Crippen molar-refractivity contribution in [1.29, 1.82) is 0 Å². The molecule has 0 aliphatic carbocycles. The van der Waals surface area contributed by atoms with Crippen LogP contribution in [0.25, 0.3) is 82.2 Å². The molecule has 0 aliphatic rings. The van der Waals surface area contributed by atoms with Crippen molar-refractivity contribution >= 4 is 59.9 Å². The average Bonchev–Trinajstić information content (AvgIpc) is 3.02. The first kappa shape index (κ1) is 22.8. The van der Waals surface area contributed by atoms with Crippen LogP contribution in [0.3, 0.4) is 0 Å². The van der Waals surface area contributed by atoms with Gasteiger partial charge in [-0.25, -0.2) is 0 Å². The van der Waals surface area contributed by atoms with Crippen molar-refractivity contribution < 1.29 is 0 Å². The fraction of sp³-hybridized carbons (Fsp3) is 0. The van der Waals surface area contributed by atoms with Crippen LogP contribution in [-0.4, -0.2) is 0 Å². The molecule has 40 heavy (non-hydrogen) atoms. The van der Waals surface area contributed by atoms with Crippen molar-refractivity contribution in [1.82, 2.24) is 0 Å². The maximum atomic E-state index is 4.11. The van der Waals surface area contributed by atoms with E-state index in [2.05, 4.69) is 146 Å². The second-order valence-electron chi connectivity index (χ2n) is 10.5. The van der Waals surface area contributed by atoms with Gasteiger partial charge < -0.3 is 0 Å². The first-order valence-electron chi connectivity index (χ1n) is 13.8. The smallest absolute Gasteiger partial charge is 0.00199 e. The lowest BCUT2D eigenvalue weighted by Crippen LogP contribution is -1.93. The van der Waals surface area contributed by atoms with Crippen LogP contribution in [0.5, 0.6) is 0 Å². The highest BCUT2D eigenvalue weighted by Crippen LogP contribution is 2.47. The number of hydrogen-bond donors (Lipinski definition) is 0. The number of hydrogen-bond acceptors (Lipinski definition) is 0. The Morgan fingerprint density at radius 2 is 0.850 bits per heavy atom. The van der Waals surface area contributed by atoms with E-state index in [9.17, 15) is 0 Å². The topological polar surface area (TPSA) is 0 Å². The van der Waals surface area contributed by atoms with Gasteiger partial charge in [0.1, 0.15) is 0 Å². The highest BCUT2D eigenvalue weighted by molar-refractivity contribution is 6.27. The van der Waals surface area contributed by atoms with Gasteiger partial charge in [0.15, 0.2) is 0 Å². The zero-order valence-electron chi connectivity index (χ0n) is 22.1. The number of rotatable bonds is 3. The van der Waals surface area contributed by atoms with E-state index >= 15 is 0 Å². The molecule has 0 saturated heterocycles. The molecule has 8 aromatic carbocycles. The van der Waals surface area contributed by atoms with Gasteiger partial charge in [0.2, 0.25) is 0 Å². The molecular formula is C40H26. The lowest BCUT2D eigenvalue weighted by molar-refractivity contribution is 1.69. The van der Waals surface area contributed by atoms with E-state index in [-0.39, 0.29) is 0 Å². The number of benzene rings is 8. The molecule has 0 nitrogen and oxygen atoms in total. The summed E-state index contributed by atoms with van der Waals surface area (Å²) in [6.45, 7) is 4.11. The van der Waals surface area contributed by atoms with E-state index in [0.29, 0.717) is 0 Å². The molecule has 8 aromatic rings. The van der Waals surface area contributed by atoms with Crippen LogP contribution in [0.4, 0.5) is 0 Å². The largest absolute Gasteiger partial charge is 0.0984 e. The minimum absolute atomic E-state index is 1.17. The van der Waals surface area contributed by atoms with E-state index in [4.69, 9.17) is 0 Å². The van der Waals surface area contributed by atoms with Gasteiger partial charge in [-0.05, 0) is 87.7 Å². The van der Waals surface area contributed by atoms with Crippen LogP contribution in [0.2, 0.25) is 0 Å². The first-order valence-corrected chi connectivity index (χ1v) is 13.8. The Balaban J connectivity index is 1.59. The summed E-state index contributed by atoms with van der Waals surface area (Å²) in [6, 6.07) is 51.0. The Kier molecular flexibility index (Phi) is 5.08. The quantitative estimate of drug-likeness (QED) is 0.165. The van der Waals surface area contributed by atoms with E-state index < -0.39 is 0 Å². The third kappa shape index (κ3) is 3.26. The molecule has 0 aliphatic heterocycles. The molecule has 0 spiro atoms. The summed E-state index contributed by atoms with van der Waals surface area (Å²) < 4.78 is 0. The SMILES string of the molecule is C=Cc1cccc2cc(-c3c4ccccc4c(-c4cccc5ccccc45)c4ccccc34)c3ccccc3c12. The molecule has 0 heteroatoms. The molecule has 0 fully saturated rings. The van der Waals surface area contributed by atoms with Crippen LogP contribution in [0, 0.1) is 0 Å². The molecule has 0 N–H and O–H groups in total. The summed E-state index contributed by atoms with van der Waals surface area (Å²) in [6.07, 6.45) is 1.97. The average molecular weight is 507 g/mol. The second-order valence-corrected chi connectivity index (χ2v) is 10.5. The van der Waals surface area contributed by atoms with Gasteiger partial charge in [-0.15, -0.1) is 0 Å². The summed E-state index contributed by atoms with van der Waals surface area (Å²) >= 11 is 0. The van der Waals surface area contributed by atoms with Crippen molar-refractivity contribution in [2.75, 3.05) is 0 Å². The molecule has 0 unspecified atom stereocenters. The fourth-order valence-electron chi connectivity index (χ4n) is 6.72. The Hall–Kier alpha value is -5.20. The standard InChI is InChI=1S/C40H26/c1-2-26-14-11-16-28-25-37(30-18-5-6-19-32(30)38(26)28)40-35-22-9-7-20-33(35)39(34-21-8-10-23-36(34)40)31-24-12-15-27-13-3-4-17-29(27)31/h2-25H,1H2. The predicted molar refractivity (Wildman–Crippen MR) is 175 cm³/mol. The summed E-state index contributed by atoms with van der Waals surface area (Å²) in [7, 11) is 0. The van der Waals surface area contributed by atoms with Gasteiger partial charge in [0.25, 0.3) is 0 Å². The second kappa shape index (κ2) is 8.93. The van der Waals surface area contributed by atoms with Gasteiger partial charge in [-0.3, -0.25) is 0 Å². The summed E-state index contributed by atoms with van der Waals surface area (Å²) in [5.74, 6) is 0. The Bertz CT molecular complexity index is 2220. The zero-order chi connectivity index (χ0) is 26.6. The van der Waals surface area contributed by atoms with E-state index in [0.717, 1.165) is 0 Å². The lowest BCUT2D eigenvalue weighted by atomic mass is 9.82. The van der Waals surface area contributed by atoms with Crippen LogP contribution >= 0.6 is 0 Å². The van der Waals surface area contributed by atoms with Gasteiger partial charge in [0, 0.05) is 0 Å². The van der Waals surface area contributed by atoms with Crippen LogP contribution in [0.15, 0.2) is 146 Å². The van der Waals surface area contributed by atoms with Gasteiger partial charge >= 0.3 is 0 Å². The van der Waals surface area contributed by atoms with Crippen molar-refractivity contribution in [2.24, 2.45) is 0 Å². The minimum atomic E-state index is 1.17. The highest BCUT2D eigenvalue weighted by atomic mass is 14.2. The monoisotopic (exact) mass is 506 g/mol. The van der Waals surface area contributed by atoms with E-state index in [1.165, 1.54) is 81.7 Å². The van der Waals surface area contributed by atoms with Crippen LogP contribution in [-0.2, 0) is 0 Å². The first-order chi connectivity index (χ1) is 19.8. The molecule has 0 saturated carbocycles. The molecule has 186 valence electrons. The van der Waals surface area contributed by atoms with Crippen LogP contribution in [0.1, 0.15) is 5.56 Å². The molecule has 0 atom stereocenters. The van der Waals surface area contributed by atoms with Gasteiger partial charge in [-0.1, -0.05) is 146 Å². The van der Waals surface area contributed by atoms with E-state index in [1.807, 2.05) is 6.08 Å². The molecule has 0 bridgehead atoms. The third-order valence-corrected chi connectivity index (χ3v) is 8.40. The predicted octanol–water partition coefficient (Wildman–Crippen LogP) is 11.4. The van der Waals surface area contributed by atoms with Crippen molar-refractivity contribution in [3.8, 4) is 22.3 Å². The van der Waals surface area contributed by atoms with Gasteiger partial charge in [0.05, 0.1) is 0 Å². The van der Waals surface area contributed by atoms with Crippen molar-refractivity contribution in [3.05, 3.63) is 152 Å². The summed E-state index contributed by atoms with van der Waals surface area (Å²) in [5.41, 5.74) is 6.29. The summed E-state index contributed by atoms with van der Waals surface area (Å²) in [4.78, 5) is 0. The normalized spacial score (nSPS) is 11.6. The molecule has 0 radical (unpaired) electrons. The molecular weight excluding hydrogens is 480 g/mol. The van der Waals surface area contributed by atoms with E-state index in [1.54, 1.807) is 0 Å². The number of fused-ring (bicyclic) bond motifs is 6. The highest BCUT2D eigenvalue weighted by Gasteiger charge is 2.20. The zero-order valence-corrected chi connectivity index (χ0v) is 22.1. The maximum Gasteiger partial charge on any atom is -0.00199 e. The molecule has 8 rings (SSSR count). The maximum absolute atomic E-state index is 4.11. The Morgan fingerprint density at radius 1 is 0.375 bits per heavy atom. The summed E-state index contributed by atoms with van der Waals surface area (Å²) in [5, 5.41) is 12.6. The third-order valence-electron chi connectivity index (χ3n) is 8.40.